The zero-order valence-electron chi connectivity index (χ0n) is 17.2. The maximum absolute atomic E-state index is 12.4. The van der Waals surface area contributed by atoms with Crippen LogP contribution in [-0.2, 0) is 16.0 Å². The van der Waals surface area contributed by atoms with Gasteiger partial charge in [-0.3, -0.25) is 19.4 Å². The summed E-state index contributed by atoms with van der Waals surface area (Å²) in [5.74, 6) is -0.964. The standard InChI is InChI=1S/C20H28N6O3/c1-4-15-13(3)21-20(24-17(15)27)26-16(11-12(2)25-26)23-19(29)18(28)22-14-9-7-5-6-8-10-14/h11,14H,4-10H2,1-3H3,(H,22,28)(H,23,29)(H,21,24,27). The zero-order valence-corrected chi connectivity index (χ0v) is 17.2. The second-order valence-electron chi connectivity index (χ2n) is 7.51. The predicted octanol–water partition coefficient (Wildman–Crippen LogP) is 1.91. The maximum Gasteiger partial charge on any atom is 0.314 e. The first-order valence-corrected chi connectivity index (χ1v) is 10.2. The number of nitrogens with one attached hydrogen (secondary N) is 3. The number of amides is 2. The van der Waals surface area contributed by atoms with Crippen LogP contribution in [0.3, 0.4) is 0 Å². The van der Waals surface area contributed by atoms with Crippen molar-refractivity contribution in [2.24, 2.45) is 0 Å². The van der Waals surface area contributed by atoms with E-state index in [9.17, 15) is 14.4 Å². The Bertz CT molecular complexity index is 954. The lowest BCUT2D eigenvalue weighted by Gasteiger charge is -2.16. The molecule has 2 amide bonds. The van der Waals surface area contributed by atoms with Gasteiger partial charge in [-0.05, 0) is 33.1 Å². The van der Waals surface area contributed by atoms with E-state index in [0.29, 0.717) is 23.4 Å². The van der Waals surface area contributed by atoms with Gasteiger partial charge in [-0.2, -0.15) is 9.78 Å². The summed E-state index contributed by atoms with van der Waals surface area (Å²) in [5.41, 5.74) is 1.57. The van der Waals surface area contributed by atoms with Crippen molar-refractivity contribution in [1.29, 1.82) is 0 Å². The fourth-order valence-corrected chi connectivity index (χ4v) is 3.71. The van der Waals surface area contributed by atoms with Gasteiger partial charge >= 0.3 is 11.8 Å². The van der Waals surface area contributed by atoms with Crippen LogP contribution in [0, 0.1) is 13.8 Å². The van der Waals surface area contributed by atoms with Gasteiger partial charge < -0.3 is 10.6 Å². The molecule has 0 aliphatic heterocycles. The van der Waals surface area contributed by atoms with Crippen molar-refractivity contribution in [2.45, 2.75) is 71.8 Å². The Labute approximate surface area is 169 Å². The summed E-state index contributed by atoms with van der Waals surface area (Å²) >= 11 is 0. The van der Waals surface area contributed by atoms with Crippen LogP contribution in [0.2, 0.25) is 0 Å². The predicted molar refractivity (Wildman–Crippen MR) is 109 cm³/mol. The third-order valence-corrected chi connectivity index (χ3v) is 5.23. The number of aryl methyl sites for hydroxylation is 2. The number of carbonyl (C=O) groups is 2. The fourth-order valence-electron chi connectivity index (χ4n) is 3.71. The number of hydrogen-bond acceptors (Lipinski definition) is 5. The summed E-state index contributed by atoms with van der Waals surface area (Å²) in [6, 6.07) is 1.66. The molecule has 0 atom stereocenters. The number of H-pyrrole nitrogens is 1. The Morgan fingerprint density at radius 2 is 1.86 bits per heavy atom. The second kappa shape index (κ2) is 9.02. The van der Waals surface area contributed by atoms with Gasteiger partial charge in [-0.15, -0.1) is 0 Å². The van der Waals surface area contributed by atoms with Gasteiger partial charge in [0.05, 0.1) is 5.69 Å². The first kappa shape index (κ1) is 20.8. The minimum absolute atomic E-state index is 0.0321. The van der Waals surface area contributed by atoms with Crippen LogP contribution >= 0.6 is 0 Å². The Kier molecular flexibility index (Phi) is 6.46. The summed E-state index contributed by atoms with van der Waals surface area (Å²) in [6.07, 6.45) is 6.80. The molecule has 0 spiro atoms. The van der Waals surface area contributed by atoms with Crippen molar-refractivity contribution in [1.82, 2.24) is 25.1 Å². The van der Waals surface area contributed by atoms with E-state index in [-0.39, 0.29) is 23.4 Å². The first-order chi connectivity index (χ1) is 13.9. The second-order valence-corrected chi connectivity index (χ2v) is 7.51. The number of rotatable bonds is 4. The summed E-state index contributed by atoms with van der Waals surface area (Å²) < 4.78 is 1.33. The highest BCUT2D eigenvalue weighted by molar-refractivity contribution is 6.39. The number of aromatic amines is 1. The van der Waals surface area contributed by atoms with E-state index in [4.69, 9.17) is 0 Å². The highest BCUT2D eigenvalue weighted by Gasteiger charge is 2.22. The molecule has 0 aromatic carbocycles. The SMILES string of the molecule is CCc1c(C)nc(-n2nc(C)cc2NC(=O)C(=O)NC2CCCCCC2)[nH]c1=O. The molecule has 156 valence electrons. The van der Waals surface area contributed by atoms with Crippen molar-refractivity contribution in [3.05, 3.63) is 33.4 Å². The van der Waals surface area contributed by atoms with Gasteiger partial charge in [0.1, 0.15) is 5.82 Å². The van der Waals surface area contributed by atoms with E-state index in [1.165, 1.54) is 17.5 Å². The molecule has 0 bridgehead atoms. The lowest BCUT2D eigenvalue weighted by Crippen LogP contribution is -2.41. The van der Waals surface area contributed by atoms with Crippen molar-refractivity contribution in [3.8, 4) is 5.95 Å². The van der Waals surface area contributed by atoms with Crippen molar-refractivity contribution in [2.75, 3.05) is 5.32 Å². The molecular weight excluding hydrogens is 372 g/mol. The van der Waals surface area contributed by atoms with Crippen LogP contribution in [0.1, 0.15) is 62.4 Å². The molecule has 1 saturated carbocycles. The molecule has 29 heavy (non-hydrogen) atoms. The van der Waals surface area contributed by atoms with E-state index in [1.807, 2.05) is 6.92 Å². The minimum atomic E-state index is -0.764. The van der Waals surface area contributed by atoms with Crippen LogP contribution in [0.4, 0.5) is 5.82 Å². The number of aromatic nitrogens is 4. The van der Waals surface area contributed by atoms with Crippen LogP contribution < -0.4 is 16.2 Å². The van der Waals surface area contributed by atoms with Crippen LogP contribution in [0.25, 0.3) is 5.95 Å². The van der Waals surface area contributed by atoms with E-state index < -0.39 is 11.8 Å². The summed E-state index contributed by atoms with van der Waals surface area (Å²) in [7, 11) is 0. The van der Waals surface area contributed by atoms with Crippen LogP contribution in [0.5, 0.6) is 0 Å². The van der Waals surface area contributed by atoms with Crippen LogP contribution in [-0.4, -0.2) is 37.6 Å². The summed E-state index contributed by atoms with van der Waals surface area (Å²) in [5, 5.41) is 9.71. The lowest BCUT2D eigenvalue weighted by atomic mass is 10.1. The average Bonchev–Trinajstić information content (AvgIpc) is 2.86. The summed E-state index contributed by atoms with van der Waals surface area (Å²) in [6.45, 7) is 5.39. The molecule has 2 aromatic rings. The molecule has 3 N–H and O–H groups in total. The van der Waals surface area contributed by atoms with E-state index in [2.05, 4.69) is 25.7 Å². The monoisotopic (exact) mass is 400 g/mol. The largest absolute Gasteiger partial charge is 0.345 e. The quantitative estimate of drug-likeness (QED) is 0.535. The smallest absolute Gasteiger partial charge is 0.314 e. The third kappa shape index (κ3) is 4.90. The van der Waals surface area contributed by atoms with Gasteiger partial charge in [0, 0.05) is 23.4 Å². The highest BCUT2D eigenvalue weighted by atomic mass is 16.2. The third-order valence-electron chi connectivity index (χ3n) is 5.23. The molecular formula is C20H28N6O3. The molecule has 9 heteroatoms. The number of hydrogen-bond donors (Lipinski definition) is 3. The Morgan fingerprint density at radius 1 is 1.17 bits per heavy atom. The fraction of sp³-hybridized carbons (Fsp3) is 0.550. The Balaban J connectivity index is 1.77. The van der Waals surface area contributed by atoms with E-state index in [1.54, 1.807) is 19.9 Å². The normalized spacial score (nSPS) is 15.0. The van der Waals surface area contributed by atoms with Gasteiger partial charge in [0.2, 0.25) is 5.95 Å². The topological polar surface area (TPSA) is 122 Å². The molecule has 0 radical (unpaired) electrons. The number of nitrogens with zero attached hydrogens (tertiary/aromatic N) is 3. The van der Waals surface area contributed by atoms with Gasteiger partial charge in [-0.25, -0.2) is 4.98 Å². The molecule has 1 aliphatic rings. The molecule has 2 heterocycles. The minimum Gasteiger partial charge on any atom is -0.345 e. The average molecular weight is 400 g/mol. The van der Waals surface area contributed by atoms with Gasteiger partial charge in [0.15, 0.2) is 0 Å². The molecule has 0 saturated heterocycles. The van der Waals surface area contributed by atoms with Crippen molar-refractivity contribution in [3.63, 3.8) is 0 Å². The van der Waals surface area contributed by atoms with Crippen molar-refractivity contribution >= 4 is 17.6 Å². The molecule has 2 aromatic heterocycles. The van der Waals surface area contributed by atoms with Crippen LogP contribution in [0.15, 0.2) is 10.9 Å². The molecule has 3 rings (SSSR count). The number of anilines is 1. The Hall–Kier alpha value is -2.97. The highest BCUT2D eigenvalue weighted by Crippen LogP contribution is 2.18. The van der Waals surface area contributed by atoms with Gasteiger partial charge in [-0.1, -0.05) is 32.6 Å². The molecule has 9 nitrogen and oxygen atoms in total. The van der Waals surface area contributed by atoms with E-state index in [0.717, 1.165) is 25.7 Å². The molecule has 1 fully saturated rings. The zero-order chi connectivity index (χ0) is 21.0. The van der Waals surface area contributed by atoms with E-state index >= 15 is 0 Å². The van der Waals surface area contributed by atoms with Crippen molar-refractivity contribution < 1.29 is 9.59 Å². The number of carbonyl (C=O) groups excluding carboxylic acids is 2. The van der Waals surface area contributed by atoms with Gasteiger partial charge in [0.25, 0.3) is 5.56 Å². The lowest BCUT2D eigenvalue weighted by molar-refractivity contribution is -0.136. The Morgan fingerprint density at radius 3 is 2.48 bits per heavy atom. The molecule has 0 unspecified atom stereocenters. The first-order valence-electron chi connectivity index (χ1n) is 10.2. The maximum atomic E-state index is 12.4. The molecule has 1 aliphatic carbocycles. The summed E-state index contributed by atoms with van der Waals surface area (Å²) in [4.78, 5) is 44.2.